The van der Waals surface area contributed by atoms with Crippen molar-refractivity contribution in [3.8, 4) is 11.8 Å². The van der Waals surface area contributed by atoms with E-state index >= 15 is 0 Å². The summed E-state index contributed by atoms with van der Waals surface area (Å²) in [5, 5.41) is 8.84. The highest BCUT2D eigenvalue weighted by atomic mass is 79.9. The zero-order chi connectivity index (χ0) is 12.0. The van der Waals surface area contributed by atoms with Gasteiger partial charge in [0, 0.05) is 0 Å². The highest BCUT2D eigenvalue weighted by Gasteiger charge is 2.10. The van der Waals surface area contributed by atoms with Crippen molar-refractivity contribution in [2.45, 2.75) is 6.92 Å². The molecule has 0 saturated carbocycles. The molecular formula is C11H10BrNO3. The number of ether oxygens (including phenoxy) is 2. The molecule has 0 heterocycles. The Morgan fingerprint density at radius 3 is 2.94 bits per heavy atom. The van der Waals surface area contributed by atoms with Crippen molar-refractivity contribution in [3.05, 3.63) is 28.2 Å². The number of halogens is 1. The molecule has 0 radical (unpaired) electrons. The molecule has 0 saturated heterocycles. The van der Waals surface area contributed by atoms with Gasteiger partial charge in [-0.25, -0.2) is 4.79 Å². The molecule has 4 nitrogen and oxygen atoms in total. The molecule has 0 unspecified atom stereocenters. The Morgan fingerprint density at radius 1 is 1.56 bits per heavy atom. The predicted molar refractivity (Wildman–Crippen MR) is 61.0 cm³/mol. The number of carbonyl (C=O) groups is 1. The van der Waals surface area contributed by atoms with Gasteiger partial charge in [0.05, 0.1) is 16.6 Å². The van der Waals surface area contributed by atoms with Crippen molar-refractivity contribution in [2.75, 3.05) is 13.2 Å². The molecule has 1 aromatic rings. The summed E-state index contributed by atoms with van der Waals surface area (Å²) in [6, 6.07) is 7.06. The van der Waals surface area contributed by atoms with Crippen LogP contribution in [-0.4, -0.2) is 19.2 Å². The summed E-state index contributed by atoms with van der Waals surface area (Å²) in [4.78, 5) is 11.1. The Bertz CT molecular complexity index is 426. The Labute approximate surface area is 102 Å². The fraction of sp³-hybridized carbons (Fsp3) is 0.273. The number of esters is 1. The van der Waals surface area contributed by atoms with Gasteiger partial charge in [-0.3, -0.25) is 0 Å². The number of benzene rings is 1. The van der Waals surface area contributed by atoms with Crippen LogP contribution >= 0.6 is 15.9 Å². The molecule has 0 aromatic heterocycles. The van der Waals surface area contributed by atoms with Gasteiger partial charge in [-0.05, 0) is 35.0 Å². The van der Waals surface area contributed by atoms with Crippen LogP contribution in [0.4, 0.5) is 0 Å². The predicted octanol–water partition coefficient (Wildman–Crippen LogP) is 2.26. The summed E-state index contributed by atoms with van der Waals surface area (Å²) < 4.78 is 10.6. The summed E-state index contributed by atoms with van der Waals surface area (Å²) in [7, 11) is 0. The maximum atomic E-state index is 11.1. The summed E-state index contributed by atoms with van der Waals surface area (Å²) >= 11 is 3.25. The van der Waals surface area contributed by atoms with E-state index in [0.29, 0.717) is 22.4 Å². The van der Waals surface area contributed by atoms with Crippen molar-refractivity contribution in [2.24, 2.45) is 0 Å². The van der Waals surface area contributed by atoms with Crippen molar-refractivity contribution in [3.63, 3.8) is 0 Å². The molecule has 1 rings (SSSR count). The molecule has 5 heteroatoms. The van der Waals surface area contributed by atoms with Gasteiger partial charge in [0.1, 0.15) is 6.07 Å². The Kier molecular flexibility index (Phi) is 4.80. The second-order valence-electron chi connectivity index (χ2n) is 2.82. The Morgan fingerprint density at radius 2 is 2.31 bits per heavy atom. The number of nitriles is 1. The van der Waals surface area contributed by atoms with Crippen LogP contribution in [0, 0.1) is 11.3 Å². The smallest absolute Gasteiger partial charge is 0.344 e. The molecule has 0 atom stereocenters. The molecule has 0 aliphatic carbocycles. The van der Waals surface area contributed by atoms with Crippen LogP contribution in [0.15, 0.2) is 22.7 Å². The lowest BCUT2D eigenvalue weighted by molar-refractivity contribution is -0.145. The molecule has 84 valence electrons. The maximum Gasteiger partial charge on any atom is 0.344 e. The quantitative estimate of drug-likeness (QED) is 0.796. The Hall–Kier alpha value is -1.54. The molecule has 0 spiro atoms. The van der Waals surface area contributed by atoms with Gasteiger partial charge in [-0.2, -0.15) is 5.26 Å². The second-order valence-corrected chi connectivity index (χ2v) is 3.68. The maximum absolute atomic E-state index is 11.1. The number of hydrogen-bond donors (Lipinski definition) is 0. The highest BCUT2D eigenvalue weighted by Crippen LogP contribution is 2.28. The number of carbonyl (C=O) groups excluding carboxylic acids is 1. The van der Waals surface area contributed by atoms with E-state index in [9.17, 15) is 4.79 Å². The van der Waals surface area contributed by atoms with E-state index in [2.05, 4.69) is 15.9 Å². The minimum absolute atomic E-state index is 0.203. The van der Waals surface area contributed by atoms with Crippen LogP contribution in [-0.2, 0) is 9.53 Å². The standard InChI is InChI=1S/C11H10BrNO3/c1-2-15-10(14)7-16-11-8(6-13)4-3-5-9(11)12/h3-5H,2,7H2,1H3. The lowest BCUT2D eigenvalue weighted by Crippen LogP contribution is -2.15. The van der Waals surface area contributed by atoms with Crippen molar-refractivity contribution in [1.29, 1.82) is 5.26 Å². The summed E-state index contributed by atoms with van der Waals surface area (Å²) in [6.07, 6.45) is 0. The lowest BCUT2D eigenvalue weighted by atomic mass is 10.2. The molecule has 0 aliphatic heterocycles. The third-order valence-electron chi connectivity index (χ3n) is 1.73. The van der Waals surface area contributed by atoms with E-state index in [-0.39, 0.29) is 6.61 Å². The summed E-state index contributed by atoms with van der Waals surface area (Å²) in [5.74, 6) is -0.0970. The SMILES string of the molecule is CCOC(=O)COc1c(Br)cccc1C#N. The van der Waals surface area contributed by atoms with Crippen molar-refractivity contribution >= 4 is 21.9 Å². The van der Waals surface area contributed by atoms with E-state index in [1.54, 1.807) is 25.1 Å². The molecule has 1 aromatic carbocycles. The van der Waals surface area contributed by atoms with E-state index in [0.717, 1.165) is 0 Å². The molecule has 0 amide bonds. The molecule has 0 N–H and O–H groups in total. The van der Waals surface area contributed by atoms with Gasteiger partial charge in [-0.1, -0.05) is 6.07 Å². The zero-order valence-electron chi connectivity index (χ0n) is 8.70. The average molecular weight is 284 g/mol. The van der Waals surface area contributed by atoms with Crippen LogP contribution < -0.4 is 4.74 Å². The third-order valence-corrected chi connectivity index (χ3v) is 2.35. The molecule has 0 fully saturated rings. The minimum atomic E-state index is -0.456. The number of para-hydroxylation sites is 1. The zero-order valence-corrected chi connectivity index (χ0v) is 10.3. The topological polar surface area (TPSA) is 59.3 Å². The normalized spacial score (nSPS) is 9.31. The highest BCUT2D eigenvalue weighted by molar-refractivity contribution is 9.10. The average Bonchev–Trinajstić information content (AvgIpc) is 2.27. The first-order valence-electron chi connectivity index (χ1n) is 4.66. The van der Waals surface area contributed by atoms with Gasteiger partial charge in [0.25, 0.3) is 0 Å². The van der Waals surface area contributed by atoms with E-state index in [1.165, 1.54) is 0 Å². The first-order chi connectivity index (χ1) is 7.69. The minimum Gasteiger partial charge on any atom is -0.479 e. The summed E-state index contributed by atoms with van der Waals surface area (Å²) in [6.45, 7) is 1.82. The van der Waals surface area contributed by atoms with Gasteiger partial charge in [-0.15, -0.1) is 0 Å². The van der Waals surface area contributed by atoms with Crippen molar-refractivity contribution < 1.29 is 14.3 Å². The fourth-order valence-electron chi connectivity index (χ4n) is 1.08. The monoisotopic (exact) mass is 283 g/mol. The third kappa shape index (κ3) is 3.24. The van der Waals surface area contributed by atoms with Crippen molar-refractivity contribution in [1.82, 2.24) is 0 Å². The van der Waals surface area contributed by atoms with Crippen LogP contribution in [0.5, 0.6) is 5.75 Å². The Balaban J connectivity index is 2.74. The van der Waals surface area contributed by atoms with Gasteiger partial charge < -0.3 is 9.47 Å². The fourth-order valence-corrected chi connectivity index (χ4v) is 1.56. The van der Waals surface area contributed by atoms with Crippen LogP contribution in [0.25, 0.3) is 0 Å². The molecular weight excluding hydrogens is 274 g/mol. The van der Waals surface area contributed by atoms with Crippen LogP contribution in [0.2, 0.25) is 0 Å². The first kappa shape index (κ1) is 12.5. The van der Waals surface area contributed by atoms with Gasteiger partial charge >= 0.3 is 5.97 Å². The van der Waals surface area contributed by atoms with Crippen LogP contribution in [0.1, 0.15) is 12.5 Å². The lowest BCUT2D eigenvalue weighted by Gasteiger charge is -2.08. The molecule has 0 bridgehead atoms. The van der Waals surface area contributed by atoms with Gasteiger partial charge in [0.2, 0.25) is 0 Å². The number of hydrogen-bond acceptors (Lipinski definition) is 4. The largest absolute Gasteiger partial charge is 0.479 e. The van der Waals surface area contributed by atoms with E-state index in [1.807, 2.05) is 6.07 Å². The van der Waals surface area contributed by atoms with E-state index < -0.39 is 5.97 Å². The number of rotatable bonds is 4. The molecule has 0 aliphatic rings. The van der Waals surface area contributed by atoms with E-state index in [4.69, 9.17) is 14.7 Å². The number of nitrogens with zero attached hydrogens (tertiary/aromatic N) is 1. The van der Waals surface area contributed by atoms with Crippen LogP contribution in [0.3, 0.4) is 0 Å². The molecule has 16 heavy (non-hydrogen) atoms. The van der Waals surface area contributed by atoms with Gasteiger partial charge in [0.15, 0.2) is 12.4 Å². The first-order valence-corrected chi connectivity index (χ1v) is 5.45. The summed E-state index contributed by atoms with van der Waals surface area (Å²) in [5.41, 5.74) is 0.374. The second kappa shape index (κ2) is 6.13.